The molecule has 17 heavy (non-hydrogen) atoms. The van der Waals surface area contributed by atoms with Gasteiger partial charge in [0.05, 0.1) is 12.6 Å². The van der Waals surface area contributed by atoms with E-state index in [2.05, 4.69) is 6.92 Å². The van der Waals surface area contributed by atoms with Crippen molar-refractivity contribution in [3.63, 3.8) is 0 Å². The molecule has 1 aromatic rings. The molecule has 1 saturated heterocycles. The van der Waals surface area contributed by atoms with Crippen LogP contribution in [0.2, 0.25) is 0 Å². The Morgan fingerprint density at radius 3 is 2.94 bits per heavy atom. The van der Waals surface area contributed by atoms with Crippen molar-refractivity contribution in [1.82, 2.24) is 0 Å². The zero-order valence-electron chi connectivity index (χ0n) is 10.1. The number of ether oxygens (including phenoxy) is 1. The van der Waals surface area contributed by atoms with E-state index in [4.69, 9.17) is 10.5 Å². The SMILES string of the molecule is CCc1ccccc1N1C(=O)COCC1CN. The van der Waals surface area contributed by atoms with Crippen molar-refractivity contribution < 1.29 is 9.53 Å². The average molecular weight is 234 g/mol. The minimum atomic E-state index is -0.0519. The Bertz CT molecular complexity index is 406. The van der Waals surface area contributed by atoms with E-state index in [1.54, 1.807) is 4.90 Å². The average Bonchev–Trinajstić information content (AvgIpc) is 2.38. The second kappa shape index (κ2) is 5.29. The Balaban J connectivity index is 2.37. The number of carbonyl (C=O) groups is 1. The third kappa shape index (κ3) is 2.33. The van der Waals surface area contributed by atoms with Crippen LogP contribution in [0, 0.1) is 0 Å². The number of rotatable bonds is 3. The third-order valence-corrected chi connectivity index (χ3v) is 3.07. The molecule has 2 rings (SSSR count). The molecule has 1 aliphatic rings. The molecule has 1 atom stereocenters. The molecular formula is C13H18N2O2. The molecule has 4 heteroatoms. The molecule has 0 spiro atoms. The van der Waals surface area contributed by atoms with Crippen molar-refractivity contribution in [3.8, 4) is 0 Å². The van der Waals surface area contributed by atoms with Gasteiger partial charge in [-0.1, -0.05) is 25.1 Å². The maximum absolute atomic E-state index is 12.0. The normalized spacial score (nSPS) is 20.7. The number of hydrogen-bond acceptors (Lipinski definition) is 3. The third-order valence-electron chi connectivity index (χ3n) is 3.07. The van der Waals surface area contributed by atoms with E-state index in [1.165, 1.54) is 5.56 Å². The van der Waals surface area contributed by atoms with Crippen molar-refractivity contribution in [2.75, 3.05) is 24.7 Å². The van der Waals surface area contributed by atoms with E-state index in [9.17, 15) is 4.79 Å². The largest absolute Gasteiger partial charge is 0.369 e. The molecule has 0 radical (unpaired) electrons. The molecule has 1 unspecified atom stereocenters. The summed E-state index contributed by atoms with van der Waals surface area (Å²) < 4.78 is 5.24. The molecular weight excluding hydrogens is 216 g/mol. The van der Waals surface area contributed by atoms with Gasteiger partial charge in [0.15, 0.2) is 0 Å². The van der Waals surface area contributed by atoms with E-state index in [0.29, 0.717) is 13.2 Å². The van der Waals surface area contributed by atoms with Crippen LogP contribution in [-0.2, 0) is 16.0 Å². The highest BCUT2D eigenvalue weighted by Gasteiger charge is 2.29. The smallest absolute Gasteiger partial charge is 0.253 e. The Labute approximate surface area is 101 Å². The molecule has 1 heterocycles. The number of nitrogens with two attached hydrogens (primary N) is 1. The maximum Gasteiger partial charge on any atom is 0.253 e. The lowest BCUT2D eigenvalue weighted by Gasteiger charge is -2.35. The van der Waals surface area contributed by atoms with Crippen molar-refractivity contribution in [3.05, 3.63) is 29.8 Å². The first-order valence-corrected chi connectivity index (χ1v) is 5.95. The standard InChI is InChI=1S/C13H18N2O2/c1-2-10-5-3-4-6-12(10)15-11(7-14)8-17-9-13(15)16/h3-6,11H,2,7-9,14H2,1H3. The van der Waals surface area contributed by atoms with E-state index in [0.717, 1.165) is 12.1 Å². The van der Waals surface area contributed by atoms with Gasteiger partial charge >= 0.3 is 0 Å². The number of anilines is 1. The highest BCUT2D eigenvalue weighted by atomic mass is 16.5. The molecule has 0 bridgehead atoms. The van der Waals surface area contributed by atoms with Gasteiger partial charge in [0.25, 0.3) is 5.91 Å². The van der Waals surface area contributed by atoms with Crippen LogP contribution in [0.25, 0.3) is 0 Å². The summed E-state index contributed by atoms with van der Waals surface area (Å²) in [5.74, 6) is -0.00685. The number of hydrogen-bond donors (Lipinski definition) is 1. The van der Waals surface area contributed by atoms with Crippen LogP contribution in [0.5, 0.6) is 0 Å². The molecule has 1 aromatic carbocycles. The molecule has 1 amide bonds. The summed E-state index contributed by atoms with van der Waals surface area (Å²) in [6, 6.07) is 7.91. The van der Waals surface area contributed by atoms with Crippen LogP contribution in [0.4, 0.5) is 5.69 Å². The summed E-state index contributed by atoms with van der Waals surface area (Å²) in [6.07, 6.45) is 0.901. The Kier molecular flexibility index (Phi) is 3.76. The minimum Gasteiger partial charge on any atom is -0.369 e. The number of benzene rings is 1. The van der Waals surface area contributed by atoms with Crippen LogP contribution in [0.15, 0.2) is 24.3 Å². The van der Waals surface area contributed by atoms with Gasteiger partial charge in [-0.05, 0) is 18.1 Å². The number of carbonyl (C=O) groups excluding carboxylic acids is 1. The lowest BCUT2D eigenvalue weighted by molar-refractivity contribution is -0.127. The molecule has 1 aliphatic heterocycles. The van der Waals surface area contributed by atoms with E-state index >= 15 is 0 Å². The van der Waals surface area contributed by atoms with E-state index in [-0.39, 0.29) is 18.6 Å². The van der Waals surface area contributed by atoms with Gasteiger partial charge in [0.1, 0.15) is 6.61 Å². The Morgan fingerprint density at radius 1 is 1.47 bits per heavy atom. The monoisotopic (exact) mass is 234 g/mol. The van der Waals surface area contributed by atoms with Gasteiger partial charge < -0.3 is 15.4 Å². The lowest BCUT2D eigenvalue weighted by Crippen LogP contribution is -2.53. The Morgan fingerprint density at radius 2 is 2.24 bits per heavy atom. The van der Waals surface area contributed by atoms with E-state index in [1.807, 2.05) is 24.3 Å². The van der Waals surface area contributed by atoms with Gasteiger partial charge in [-0.25, -0.2) is 0 Å². The second-order valence-corrected chi connectivity index (χ2v) is 4.15. The fourth-order valence-corrected chi connectivity index (χ4v) is 2.18. The first-order chi connectivity index (χ1) is 8.27. The maximum atomic E-state index is 12.0. The van der Waals surface area contributed by atoms with Crippen molar-refractivity contribution in [1.29, 1.82) is 0 Å². The fraction of sp³-hybridized carbons (Fsp3) is 0.462. The minimum absolute atomic E-state index is 0.00685. The number of nitrogens with zero attached hydrogens (tertiary/aromatic N) is 1. The number of amides is 1. The zero-order chi connectivity index (χ0) is 12.3. The van der Waals surface area contributed by atoms with Gasteiger partial charge in [-0.15, -0.1) is 0 Å². The molecule has 0 aliphatic carbocycles. The summed E-state index contributed by atoms with van der Waals surface area (Å²) in [4.78, 5) is 13.8. The Hall–Kier alpha value is -1.39. The van der Waals surface area contributed by atoms with Gasteiger partial charge in [-0.2, -0.15) is 0 Å². The summed E-state index contributed by atoms with van der Waals surface area (Å²) >= 11 is 0. The predicted molar refractivity (Wildman–Crippen MR) is 67.0 cm³/mol. The van der Waals surface area contributed by atoms with Crippen LogP contribution < -0.4 is 10.6 Å². The van der Waals surface area contributed by atoms with Gasteiger partial charge in [0.2, 0.25) is 0 Å². The molecule has 0 saturated carbocycles. The first kappa shape index (κ1) is 12.1. The highest BCUT2D eigenvalue weighted by molar-refractivity contribution is 5.96. The number of aryl methyl sites for hydroxylation is 1. The molecule has 2 N–H and O–H groups in total. The van der Waals surface area contributed by atoms with Crippen molar-refractivity contribution in [2.24, 2.45) is 5.73 Å². The highest BCUT2D eigenvalue weighted by Crippen LogP contribution is 2.25. The predicted octanol–water partition coefficient (Wildman–Crippen LogP) is 0.940. The summed E-state index contributed by atoms with van der Waals surface area (Å²) in [6.45, 7) is 3.17. The fourth-order valence-electron chi connectivity index (χ4n) is 2.18. The van der Waals surface area contributed by atoms with Crippen LogP contribution in [0.1, 0.15) is 12.5 Å². The van der Waals surface area contributed by atoms with Crippen LogP contribution >= 0.6 is 0 Å². The lowest BCUT2D eigenvalue weighted by atomic mass is 10.1. The van der Waals surface area contributed by atoms with Gasteiger partial charge in [0, 0.05) is 12.2 Å². The number of morpholine rings is 1. The molecule has 92 valence electrons. The van der Waals surface area contributed by atoms with Gasteiger partial charge in [-0.3, -0.25) is 4.79 Å². The summed E-state index contributed by atoms with van der Waals surface area (Å²) in [7, 11) is 0. The number of para-hydroxylation sites is 1. The summed E-state index contributed by atoms with van der Waals surface area (Å²) in [5, 5.41) is 0. The van der Waals surface area contributed by atoms with Crippen LogP contribution in [0.3, 0.4) is 0 Å². The van der Waals surface area contributed by atoms with Crippen LogP contribution in [-0.4, -0.2) is 31.7 Å². The molecule has 1 fully saturated rings. The first-order valence-electron chi connectivity index (χ1n) is 5.95. The van der Waals surface area contributed by atoms with E-state index < -0.39 is 0 Å². The quantitative estimate of drug-likeness (QED) is 0.846. The second-order valence-electron chi connectivity index (χ2n) is 4.15. The summed E-state index contributed by atoms with van der Waals surface area (Å²) in [5.41, 5.74) is 7.85. The topological polar surface area (TPSA) is 55.6 Å². The van der Waals surface area contributed by atoms with Crippen molar-refractivity contribution in [2.45, 2.75) is 19.4 Å². The van der Waals surface area contributed by atoms with Crippen molar-refractivity contribution >= 4 is 11.6 Å². The zero-order valence-corrected chi connectivity index (χ0v) is 10.1. The molecule has 4 nitrogen and oxygen atoms in total. The molecule has 0 aromatic heterocycles.